The number of carbonyl (C=O) groups excluding carboxylic acids is 1. The summed E-state index contributed by atoms with van der Waals surface area (Å²) in [4.78, 5) is 17.2. The number of aromatic nitrogens is 1. The molecular weight excluding hydrogens is 444 g/mol. The van der Waals surface area contributed by atoms with Gasteiger partial charge in [-0.2, -0.15) is 0 Å². The number of amides is 1. The fourth-order valence-corrected chi connectivity index (χ4v) is 4.40. The predicted molar refractivity (Wildman–Crippen MR) is 140 cm³/mol. The lowest BCUT2D eigenvalue weighted by Gasteiger charge is -2.09. The molecule has 0 aliphatic carbocycles. The van der Waals surface area contributed by atoms with Crippen LogP contribution in [0.2, 0.25) is 0 Å². The van der Waals surface area contributed by atoms with Gasteiger partial charge >= 0.3 is 0 Å². The molecule has 0 atom stereocenters. The van der Waals surface area contributed by atoms with Crippen molar-refractivity contribution in [1.82, 2.24) is 4.98 Å². The minimum absolute atomic E-state index is 0.212. The number of ether oxygens (including phenoxy) is 2. The van der Waals surface area contributed by atoms with E-state index in [0.717, 1.165) is 33.1 Å². The summed E-state index contributed by atoms with van der Waals surface area (Å²) >= 11 is 1.63. The molecule has 1 aromatic heterocycles. The van der Waals surface area contributed by atoms with Gasteiger partial charge in [0.05, 0.1) is 19.4 Å². The lowest BCUT2D eigenvalue weighted by molar-refractivity contribution is -0.111. The zero-order valence-electron chi connectivity index (χ0n) is 19.4. The van der Waals surface area contributed by atoms with E-state index in [0.29, 0.717) is 18.1 Å². The molecule has 6 heteroatoms. The van der Waals surface area contributed by atoms with Gasteiger partial charge in [0, 0.05) is 28.3 Å². The summed E-state index contributed by atoms with van der Waals surface area (Å²) in [5.41, 5.74) is 5.85. The molecule has 1 amide bonds. The number of benzene rings is 3. The van der Waals surface area contributed by atoms with Gasteiger partial charge < -0.3 is 14.8 Å². The van der Waals surface area contributed by atoms with Crippen LogP contribution in [0.5, 0.6) is 11.5 Å². The van der Waals surface area contributed by atoms with E-state index in [2.05, 4.69) is 29.8 Å². The first-order valence-electron chi connectivity index (χ1n) is 11.0. The normalized spacial score (nSPS) is 10.9. The first-order chi connectivity index (χ1) is 16.6. The van der Waals surface area contributed by atoms with Gasteiger partial charge in [-0.25, -0.2) is 4.98 Å². The number of methoxy groups -OCH3 is 1. The first kappa shape index (κ1) is 23.3. The van der Waals surface area contributed by atoms with Crippen LogP contribution in [-0.4, -0.2) is 24.6 Å². The number of nitrogens with zero attached hydrogens (tertiary/aromatic N) is 1. The number of thiazole rings is 1. The second-order valence-corrected chi connectivity index (χ2v) is 8.45. The van der Waals surface area contributed by atoms with Crippen LogP contribution in [0.25, 0.3) is 27.9 Å². The van der Waals surface area contributed by atoms with E-state index in [9.17, 15) is 4.79 Å². The van der Waals surface area contributed by atoms with Gasteiger partial charge in [-0.3, -0.25) is 4.79 Å². The number of hydrogen-bond acceptors (Lipinski definition) is 5. The molecule has 4 rings (SSSR count). The van der Waals surface area contributed by atoms with E-state index in [1.165, 1.54) is 11.6 Å². The molecule has 0 bridgehead atoms. The van der Waals surface area contributed by atoms with E-state index in [4.69, 9.17) is 14.5 Å². The molecule has 1 N–H and O–H groups in total. The molecule has 0 unspecified atom stereocenters. The Balaban J connectivity index is 1.40. The zero-order valence-corrected chi connectivity index (χ0v) is 20.2. The first-order valence-corrected chi connectivity index (χ1v) is 11.9. The lowest BCUT2D eigenvalue weighted by atomic mass is 10.1. The Morgan fingerprint density at radius 3 is 2.59 bits per heavy atom. The second kappa shape index (κ2) is 10.8. The van der Waals surface area contributed by atoms with Crippen LogP contribution < -0.4 is 14.8 Å². The van der Waals surface area contributed by atoms with Gasteiger partial charge in [-0.1, -0.05) is 42.5 Å². The van der Waals surface area contributed by atoms with Crippen LogP contribution in [-0.2, 0) is 4.79 Å². The zero-order chi connectivity index (χ0) is 23.9. The van der Waals surface area contributed by atoms with Crippen LogP contribution in [0.4, 0.5) is 5.69 Å². The van der Waals surface area contributed by atoms with Gasteiger partial charge in [0.15, 0.2) is 11.5 Å². The van der Waals surface area contributed by atoms with Crippen LogP contribution >= 0.6 is 11.3 Å². The van der Waals surface area contributed by atoms with Crippen LogP contribution in [0.3, 0.4) is 0 Å². The Bertz CT molecular complexity index is 1310. The maximum atomic E-state index is 12.4. The molecule has 0 saturated carbocycles. The Hall–Kier alpha value is -3.90. The molecule has 0 radical (unpaired) electrons. The molecule has 0 spiro atoms. The number of aryl methyl sites for hydroxylation is 1. The molecule has 5 nitrogen and oxygen atoms in total. The van der Waals surface area contributed by atoms with Crippen LogP contribution in [0.1, 0.15) is 18.1 Å². The molecular formula is C28H26N2O3S. The van der Waals surface area contributed by atoms with Crippen LogP contribution in [0, 0.1) is 6.92 Å². The molecule has 0 saturated heterocycles. The van der Waals surface area contributed by atoms with Crippen molar-refractivity contribution in [2.75, 3.05) is 19.0 Å². The van der Waals surface area contributed by atoms with Crippen molar-refractivity contribution in [2.24, 2.45) is 0 Å². The summed E-state index contributed by atoms with van der Waals surface area (Å²) in [5.74, 6) is 1.10. The van der Waals surface area contributed by atoms with Gasteiger partial charge in [0.1, 0.15) is 5.01 Å². The van der Waals surface area contributed by atoms with Crippen molar-refractivity contribution in [1.29, 1.82) is 0 Å². The van der Waals surface area contributed by atoms with E-state index < -0.39 is 0 Å². The van der Waals surface area contributed by atoms with Gasteiger partial charge in [0.2, 0.25) is 5.91 Å². The largest absolute Gasteiger partial charge is 0.493 e. The monoisotopic (exact) mass is 470 g/mol. The Morgan fingerprint density at radius 2 is 1.85 bits per heavy atom. The number of nitrogens with one attached hydrogen (secondary N) is 1. The summed E-state index contributed by atoms with van der Waals surface area (Å²) < 4.78 is 10.9. The summed E-state index contributed by atoms with van der Waals surface area (Å²) in [6.45, 7) is 4.57. The number of rotatable bonds is 8. The topological polar surface area (TPSA) is 60.5 Å². The number of hydrogen-bond donors (Lipinski definition) is 1. The molecule has 34 heavy (non-hydrogen) atoms. The quantitative estimate of drug-likeness (QED) is 0.286. The molecule has 172 valence electrons. The highest BCUT2D eigenvalue weighted by molar-refractivity contribution is 7.13. The Labute approximate surface area is 203 Å². The summed E-state index contributed by atoms with van der Waals surface area (Å²) in [7, 11) is 1.59. The maximum absolute atomic E-state index is 12.4. The van der Waals surface area contributed by atoms with Crippen molar-refractivity contribution in [2.45, 2.75) is 13.8 Å². The Kier molecular flexibility index (Phi) is 7.40. The fraction of sp³-hybridized carbons (Fsp3) is 0.143. The molecule has 0 fully saturated rings. The second-order valence-electron chi connectivity index (χ2n) is 7.60. The van der Waals surface area contributed by atoms with E-state index >= 15 is 0 Å². The van der Waals surface area contributed by atoms with E-state index in [-0.39, 0.29) is 5.91 Å². The van der Waals surface area contributed by atoms with Crippen LogP contribution in [0.15, 0.2) is 78.2 Å². The summed E-state index contributed by atoms with van der Waals surface area (Å²) in [6, 6.07) is 21.5. The van der Waals surface area contributed by atoms with Gasteiger partial charge in [-0.15, -0.1) is 11.3 Å². The average Bonchev–Trinajstić information content (AvgIpc) is 3.34. The van der Waals surface area contributed by atoms with E-state index in [1.807, 2.05) is 61.5 Å². The third kappa shape index (κ3) is 5.53. The highest BCUT2D eigenvalue weighted by atomic mass is 32.1. The molecule has 1 heterocycles. The molecule has 0 aliphatic heterocycles. The maximum Gasteiger partial charge on any atom is 0.248 e. The lowest BCUT2D eigenvalue weighted by Crippen LogP contribution is -2.07. The molecule has 4 aromatic rings. The third-order valence-corrected chi connectivity index (χ3v) is 6.12. The highest BCUT2D eigenvalue weighted by Crippen LogP contribution is 2.31. The van der Waals surface area contributed by atoms with Gasteiger partial charge in [0.25, 0.3) is 0 Å². The minimum atomic E-state index is -0.212. The average molecular weight is 471 g/mol. The van der Waals surface area contributed by atoms with Crippen molar-refractivity contribution >= 4 is 29.0 Å². The summed E-state index contributed by atoms with van der Waals surface area (Å²) in [5, 5.41) is 5.95. The fourth-order valence-electron chi connectivity index (χ4n) is 3.49. The minimum Gasteiger partial charge on any atom is -0.493 e. The predicted octanol–water partition coefficient (Wildman–Crippen LogP) is 6.84. The van der Waals surface area contributed by atoms with Crippen molar-refractivity contribution < 1.29 is 14.3 Å². The van der Waals surface area contributed by atoms with Crippen molar-refractivity contribution in [3.8, 4) is 33.3 Å². The Morgan fingerprint density at radius 1 is 1.06 bits per heavy atom. The highest BCUT2D eigenvalue weighted by Gasteiger charge is 2.09. The summed E-state index contributed by atoms with van der Waals surface area (Å²) in [6.07, 6.45) is 3.24. The molecule has 0 aliphatic rings. The van der Waals surface area contributed by atoms with Crippen molar-refractivity contribution in [3.63, 3.8) is 0 Å². The standard InChI is InChI=1S/C28H26N2O3S/c1-4-33-25-15-9-20(17-26(25)32-3)10-16-27(31)29-22-13-11-21(12-14-22)24-18-34-28(30-24)23-8-6-5-7-19(23)2/h5-18H,4H2,1-3H3,(H,29,31)/b16-10+. The van der Waals surface area contributed by atoms with Gasteiger partial charge in [-0.05, 0) is 55.3 Å². The third-order valence-electron chi connectivity index (χ3n) is 5.24. The smallest absolute Gasteiger partial charge is 0.248 e. The number of anilines is 1. The van der Waals surface area contributed by atoms with E-state index in [1.54, 1.807) is 24.5 Å². The SMILES string of the molecule is CCOc1ccc(/C=C/C(=O)Nc2ccc(-c3csc(-c4ccccc4C)n3)cc2)cc1OC. The van der Waals surface area contributed by atoms with Crippen molar-refractivity contribution in [3.05, 3.63) is 89.3 Å². The number of carbonyl (C=O) groups is 1. The molecule has 3 aromatic carbocycles.